The molecule has 2 bridgehead atoms. The molecule has 0 aromatic heterocycles. The van der Waals surface area contributed by atoms with Crippen LogP contribution in [0.3, 0.4) is 0 Å². The van der Waals surface area contributed by atoms with Crippen molar-refractivity contribution in [3.8, 4) is 0 Å². The van der Waals surface area contributed by atoms with Gasteiger partial charge in [0.05, 0.1) is 13.2 Å². The molecular formula is C13H22O2. The Labute approximate surface area is 92.3 Å². The molecular weight excluding hydrogens is 188 g/mol. The van der Waals surface area contributed by atoms with Crippen molar-refractivity contribution in [1.29, 1.82) is 0 Å². The highest BCUT2D eigenvalue weighted by molar-refractivity contribution is 4.97. The molecule has 0 aromatic carbocycles. The minimum atomic E-state index is 0.122. The molecule has 2 nitrogen and oxygen atoms in total. The van der Waals surface area contributed by atoms with E-state index >= 15 is 0 Å². The van der Waals surface area contributed by atoms with E-state index in [2.05, 4.69) is 13.8 Å². The molecule has 3 fully saturated rings. The fraction of sp³-hybridized carbons (Fsp3) is 1.00. The van der Waals surface area contributed by atoms with Gasteiger partial charge in [0.15, 0.2) is 6.29 Å². The minimum Gasteiger partial charge on any atom is -0.350 e. The summed E-state index contributed by atoms with van der Waals surface area (Å²) < 4.78 is 11.1. The van der Waals surface area contributed by atoms with Gasteiger partial charge < -0.3 is 9.47 Å². The van der Waals surface area contributed by atoms with Gasteiger partial charge in [0.1, 0.15) is 0 Å². The van der Waals surface area contributed by atoms with Crippen molar-refractivity contribution in [1.82, 2.24) is 0 Å². The van der Waals surface area contributed by atoms with Gasteiger partial charge in [-0.3, -0.25) is 0 Å². The van der Waals surface area contributed by atoms with Crippen LogP contribution >= 0.6 is 0 Å². The van der Waals surface area contributed by atoms with Crippen molar-refractivity contribution >= 4 is 0 Å². The van der Waals surface area contributed by atoms with Gasteiger partial charge >= 0.3 is 0 Å². The van der Waals surface area contributed by atoms with E-state index in [0.717, 1.165) is 49.2 Å². The maximum Gasteiger partial charge on any atom is 0.158 e. The molecule has 15 heavy (non-hydrogen) atoms. The lowest BCUT2D eigenvalue weighted by molar-refractivity contribution is -0.0649. The second-order valence-corrected chi connectivity index (χ2v) is 5.78. The fourth-order valence-electron chi connectivity index (χ4n) is 4.16. The first kappa shape index (κ1) is 10.1. The molecule has 3 aliphatic rings. The van der Waals surface area contributed by atoms with Crippen molar-refractivity contribution in [2.75, 3.05) is 13.2 Å². The third kappa shape index (κ3) is 1.62. The highest BCUT2D eigenvalue weighted by Gasteiger charge is 2.49. The van der Waals surface area contributed by atoms with Crippen LogP contribution in [-0.2, 0) is 9.47 Å². The Morgan fingerprint density at radius 2 is 1.73 bits per heavy atom. The molecule has 1 aliphatic heterocycles. The van der Waals surface area contributed by atoms with Crippen LogP contribution in [0.4, 0.5) is 0 Å². The lowest BCUT2D eigenvalue weighted by atomic mass is 9.74. The molecule has 1 saturated heterocycles. The van der Waals surface area contributed by atoms with Gasteiger partial charge in [-0.15, -0.1) is 0 Å². The zero-order chi connectivity index (χ0) is 10.4. The summed E-state index contributed by atoms with van der Waals surface area (Å²) in [6, 6.07) is 0. The molecule has 3 rings (SSSR count). The van der Waals surface area contributed by atoms with Crippen molar-refractivity contribution in [2.24, 2.45) is 29.6 Å². The highest BCUT2D eigenvalue weighted by atomic mass is 16.7. The molecule has 0 N–H and O–H groups in total. The molecule has 5 atom stereocenters. The summed E-state index contributed by atoms with van der Waals surface area (Å²) >= 11 is 0. The summed E-state index contributed by atoms with van der Waals surface area (Å²) in [5.41, 5.74) is 0. The van der Waals surface area contributed by atoms with Gasteiger partial charge in [0.25, 0.3) is 0 Å². The molecule has 2 saturated carbocycles. The number of hydrogen-bond acceptors (Lipinski definition) is 2. The summed E-state index contributed by atoms with van der Waals surface area (Å²) in [4.78, 5) is 0. The number of fused-ring (bicyclic) bond motifs is 2. The molecule has 0 radical (unpaired) electrons. The molecule has 0 amide bonds. The minimum absolute atomic E-state index is 0.122. The molecule has 5 unspecified atom stereocenters. The van der Waals surface area contributed by atoms with E-state index in [1.807, 2.05) is 0 Å². The van der Waals surface area contributed by atoms with Crippen molar-refractivity contribution < 1.29 is 9.47 Å². The predicted octanol–water partition coefficient (Wildman–Crippen LogP) is 2.68. The van der Waals surface area contributed by atoms with E-state index in [1.165, 1.54) is 12.8 Å². The van der Waals surface area contributed by atoms with Gasteiger partial charge in [-0.1, -0.05) is 13.8 Å². The Bertz CT molecular complexity index is 233. The topological polar surface area (TPSA) is 18.5 Å². The number of hydrogen-bond donors (Lipinski definition) is 0. The lowest BCUT2D eigenvalue weighted by Gasteiger charge is -2.32. The third-order valence-corrected chi connectivity index (χ3v) is 5.22. The summed E-state index contributed by atoms with van der Waals surface area (Å²) in [7, 11) is 0. The second kappa shape index (κ2) is 3.74. The highest BCUT2D eigenvalue weighted by Crippen LogP contribution is 2.56. The monoisotopic (exact) mass is 210 g/mol. The summed E-state index contributed by atoms with van der Waals surface area (Å²) in [6.07, 6.45) is 4.18. The first-order valence-electron chi connectivity index (χ1n) is 6.49. The molecule has 2 aliphatic carbocycles. The van der Waals surface area contributed by atoms with Gasteiger partial charge in [0, 0.05) is 6.42 Å². The van der Waals surface area contributed by atoms with Crippen molar-refractivity contribution in [2.45, 2.75) is 39.4 Å². The van der Waals surface area contributed by atoms with Gasteiger partial charge in [-0.25, -0.2) is 0 Å². The van der Waals surface area contributed by atoms with Crippen molar-refractivity contribution in [3.63, 3.8) is 0 Å². The fourth-order valence-corrected chi connectivity index (χ4v) is 4.16. The molecule has 86 valence electrons. The van der Waals surface area contributed by atoms with E-state index in [4.69, 9.17) is 9.47 Å². The van der Waals surface area contributed by atoms with Crippen LogP contribution in [0.1, 0.15) is 33.1 Å². The van der Waals surface area contributed by atoms with Gasteiger partial charge in [-0.05, 0) is 42.4 Å². The molecule has 0 aromatic rings. The van der Waals surface area contributed by atoms with E-state index in [9.17, 15) is 0 Å². The number of ether oxygens (including phenoxy) is 2. The van der Waals surface area contributed by atoms with E-state index in [1.54, 1.807) is 0 Å². The van der Waals surface area contributed by atoms with Gasteiger partial charge in [0.2, 0.25) is 0 Å². The Morgan fingerprint density at radius 3 is 2.33 bits per heavy atom. The van der Waals surface area contributed by atoms with Crippen LogP contribution in [0.2, 0.25) is 0 Å². The van der Waals surface area contributed by atoms with E-state index in [0.29, 0.717) is 0 Å². The van der Waals surface area contributed by atoms with Crippen LogP contribution in [0.15, 0.2) is 0 Å². The average Bonchev–Trinajstić information content (AvgIpc) is 2.89. The molecule has 2 heteroatoms. The molecule has 1 heterocycles. The largest absolute Gasteiger partial charge is 0.350 e. The zero-order valence-corrected chi connectivity index (χ0v) is 9.82. The van der Waals surface area contributed by atoms with Crippen LogP contribution < -0.4 is 0 Å². The Kier molecular flexibility index (Phi) is 2.52. The smallest absolute Gasteiger partial charge is 0.158 e. The van der Waals surface area contributed by atoms with Gasteiger partial charge in [-0.2, -0.15) is 0 Å². The van der Waals surface area contributed by atoms with Crippen LogP contribution in [0, 0.1) is 29.6 Å². The maximum absolute atomic E-state index is 5.56. The van der Waals surface area contributed by atoms with E-state index < -0.39 is 0 Å². The average molecular weight is 210 g/mol. The lowest BCUT2D eigenvalue weighted by Crippen LogP contribution is -2.27. The summed E-state index contributed by atoms with van der Waals surface area (Å²) in [5.74, 6) is 4.71. The van der Waals surface area contributed by atoms with Crippen molar-refractivity contribution in [3.05, 3.63) is 0 Å². The SMILES string of the molecule is CC1C2CC(CC3OCCO3)C(C2)C1C. The number of rotatable bonds is 2. The maximum atomic E-state index is 5.56. The Morgan fingerprint density at radius 1 is 1.00 bits per heavy atom. The van der Waals surface area contributed by atoms with Crippen LogP contribution in [0.5, 0.6) is 0 Å². The first-order chi connectivity index (χ1) is 7.25. The van der Waals surface area contributed by atoms with Crippen LogP contribution in [-0.4, -0.2) is 19.5 Å². The normalized spacial score (nSPS) is 50.4. The first-order valence-corrected chi connectivity index (χ1v) is 6.49. The Hall–Kier alpha value is -0.0800. The van der Waals surface area contributed by atoms with E-state index in [-0.39, 0.29) is 6.29 Å². The second-order valence-electron chi connectivity index (χ2n) is 5.78. The zero-order valence-electron chi connectivity index (χ0n) is 9.82. The Balaban J connectivity index is 1.60. The third-order valence-electron chi connectivity index (χ3n) is 5.22. The summed E-state index contributed by atoms with van der Waals surface area (Å²) in [6.45, 7) is 6.49. The molecule has 0 spiro atoms. The predicted molar refractivity (Wildman–Crippen MR) is 58.3 cm³/mol. The van der Waals surface area contributed by atoms with Crippen LogP contribution in [0.25, 0.3) is 0 Å². The quantitative estimate of drug-likeness (QED) is 0.697. The standard InChI is InChI=1S/C13H22O2/c1-8-9(2)12-6-10(8)5-11(12)7-13-14-3-4-15-13/h8-13H,3-7H2,1-2H3. The summed E-state index contributed by atoms with van der Waals surface area (Å²) in [5, 5.41) is 0.